The van der Waals surface area contributed by atoms with E-state index in [1.165, 1.54) is 5.56 Å². The van der Waals surface area contributed by atoms with E-state index in [-0.39, 0.29) is 12.0 Å². The van der Waals surface area contributed by atoms with Crippen molar-refractivity contribution in [3.05, 3.63) is 30.1 Å². The van der Waals surface area contributed by atoms with E-state index in [0.29, 0.717) is 12.0 Å². The minimum absolute atomic E-state index is 0.115. The quantitative estimate of drug-likeness (QED) is 0.782. The number of nitrogens with zero attached hydrogens (tertiary/aromatic N) is 1. The lowest BCUT2D eigenvalue weighted by Gasteiger charge is -2.30. The third-order valence-electron chi connectivity index (χ3n) is 3.30. The summed E-state index contributed by atoms with van der Waals surface area (Å²) in [5, 5.41) is 12.7. The molecule has 18 heavy (non-hydrogen) atoms. The first-order valence-electron chi connectivity index (χ1n) is 6.70. The predicted octanol–water partition coefficient (Wildman–Crippen LogP) is 2.78. The molecular weight excluding hydrogens is 224 g/mol. The molecule has 0 aliphatic carbocycles. The number of aromatic nitrogens is 1. The maximum Gasteiger partial charge on any atom is 0.0436 e. The fourth-order valence-corrected chi connectivity index (χ4v) is 2.08. The Morgan fingerprint density at radius 3 is 2.61 bits per heavy atom. The lowest BCUT2D eigenvalue weighted by atomic mass is 9.88. The summed E-state index contributed by atoms with van der Waals surface area (Å²) < 4.78 is 0. The van der Waals surface area contributed by atoms with E-state index in [4.69, 9.17) is 5.11 Å². The summed E-state index contributed by atoms with van der Waals surface area (Å²) in [5.74, 6) is 0.513. The molecule has 3 nitrogen and oxygen atoms in total. The summed E-state index contributed by atoms with van der Waals surface area (Å²) in [5.41, 5.74) is 1.34. The summed E-state index contributed by atoms with van der Waals surface area (Å²) in [6.45, 7) is 9.92. The molecule has 0 spiro atoms. The molecule has 0 fully saturated rings. The van der Waals surface area contributed by atoms with Gasteiger partial charge in [-0.2, -0.15) is 0 Å². The van der Waals surface area contributed by atoms with Crippen molar-refractivity contribution >= 4 is 0 Å². The number of rotatable bonds is 7. The van der Waals surface area contributed by atoms with E-state index in [2.05, 4.69) is 44.1 Å². The third kappa shape index (κ3) is 4.75. The first-order chi connectivity index (χ1) is 8.46. The van der Waals surface area contributed by atoms with Crippen LogP contribution in [0.5, 0.6) is 0 Å². The molecule has 1 aromatic rings. The molecule has 0 aliphatic rings. The van der Waals surface area contributed by atoms with Crippen molar-refractivity contribution < 1.29 is 5.11 Å². The molecule has 1 unspecified atom stereocenters. The standard InChI is InChI=1S/C15H26N2O/c1-12(2)14(13-6-5-8-16-10-13)17-11-15(3,4)7-9-18/h5-6,8,10,12,14,17-18H,7,9,11H2,1-4H3. The fourth-order valence-electron chi connectivity index (χ4n) is 2.08. The van der Waals surface area contributed by atoms with Crippen LogP contribution in [0.2, 0.25) is 0 Å². The van der Waals surface area contributed by atoms with Crippen LogP contribution in [0.3, 0.4) is 0 Å². The Hall–Kier alpha value is -0.930. The molecule has 0 saturated carbocycles. The molecule has 1 atom stereocenters. The van der Waals surface area contributed by atoms with E-state index in [1.807, 2.05) is 12.3 Å². The maximum absolute atomic E-state index is 9.06. The zero-order valence-corrected chi connectivity index (χ0v) is 12.0. The zero-order chi connectivity index (χ0) is 13.6. The van der Waals surface area contributed by atoms with Crippen LogP contribution in [0, 0.1) is 11.3 Å². The average molecular weight is 250 g/mol. The maximum atomic E-state index is 9.06. The third-order valence-corrected chi connectivity index (χ3v) is 3.30. The van der Waals surface area contributed by atoms with Gasteiger partial charge in [0.1, 0.15) is 0 Å². The molecule has 2 N–H and O–H groups in total. The Kier molecular flexibility index (Phi) is 5.76. The van der Waals surface area contributed by atoms with Crippen LogP contribution in [-0.4, -0.2) is 23.2 Å². The number of nitrogens with one attached hydrogen (secondary N) is 1. The first kappa shape index (κ1) is 15.1. The molecule has 0 amide bonds. The Bertz CT molecular complexity index is 336. The van der Waals surface area contributed by atoms with Crippen molar-refractivity contribution in [1.82, 2.24) is 10.3 Å². The molecular formula is C15H26N2O. The minimum atomic E-state index is 0.115. The molecule has 1 heterocycles. The van der Waals surface area contributed by atoms with Gasteiger partial charge in [0, 0.05) is 31.6 Å². The molecule has 1 rings (SSSR count). The van der Waals surface area contributed by atoms with Gasteiger partial charge in [0.05, 0.1) is 0 Å². The fraction of sp³-hybridized carbons (Fsp3) is 0.667. The van der Waals surface area contributed by atoms with Gasteiger partial charge in [-0.05, 0) is 29.4 Å². The van der Waals surface area contributed by atoms with E-state index >= 15 is 0 Å². The summed E-state index contributed by atoms with van der Waals surface area (Å²) in [6, 6.07) is 4.41. The predicted molar refractivity (Wildman–Crippen MR) is 75.3 cm³/mol. The highest BCUT2D eigenvalue weighted by atomic mass is 16.3. The van der Waals surface area contributed by atoms with Crippen molar-refractivity contribution in [2.24, 2.45) is 11.3 Å². The monoisotopic (exact) mass is 250 g/mol. The van der Waals surface area contributed by atoms with Gasteiger partial charge in [0.15, 0.2) is 0 Å². The van der Waals surface area contributed by atoms with E-state index in [0.717, 1.165) is 13.0 Å². The number of aliphatic hydroxyl groups is 1. The Morgan fingerprint density at radius 1 is 1.39 bits per heavy atom. The largest absolute Gasteiger partial charge is 0.396 e. The van der Waals surface area contributed by atoms with Crippen molar-refractivity contribution in [3.63, 3.8) is 0 Å². The van der Waals surface area contributed by atoms with Gasteiger partial charge in [-0.3, -0.25) is 4.98 Å². The zero-order valence-electron chi connectivity index (χ0n) is 12.0. The first-order valence-corrected chi connectivity index (χ1v) is 6.70. The Morgan fingerprint density at radius 2 is 2.11 bits per heavy atom. The smallest absolute Gasteiger partial charge is 0.0436 e. The lowest BCUT2D eigenvalue weighted by molar-refractivity contribution is 0.198. The van der Waals surface area contributed by atoms with Gasteiger partial charge in [0.2, 0.25) is 0 Å². The van der Waals surface area contributed by atoms with Gasteiger partial charge in [-0.25, -0.2) is 0 Å². The van der Waals surface area contributed by atoms with Crippen LogP contribution in [0.4, 0.5) is 0 Å². The molecule has 0 radical (unpaired) electrons. The van der Waals surface area contributed by atoms with Crippen LogP contribution in [0.25, 0.3) is 0 Å². The SMILES string of the molecule is CC(C)C(NCC(C)(C)CCO)c1cccnc1. The normalized spacial score (nSPS) is 13.9. The summed E-state index contributed by atoms with van der Waals surface area (Å²) >= 11 is 0. The Balaban J connectivity index is 2.65. The average Bonchev–Trinajstić information content (AvgIpc) is 2.30. The van der Waals surface area contributed by atoms with E-state index in [1.54, 1.807) is 6.20 Å². The van der Waals surface area contributed by atoms with Crippen LogP contribution in [-0.2, 0) is 0 Å². The van der Waals surface area contributed by atoms with Crippen molar-refractivity contribution in [2.75, 3.05) is 13.2 Å². The number of aliphatic hydroxyl groups excluding tert-OH is 1. The molecule has 0 saturated heterocycles. The highest BCUT2D eigenvalue weighted by molar-refractivity contribution is 5.14. The molecule has 0 aromatic carbocycles. The molecule has 1 aromatic heterocycles. The van der Waals surface area contributed by atoms with Gasteiger partial charge in [0.25, 0.3) is 0 Å². The molecule has 102 valence electrons. The van der Waals surface area contributed by atoms with E-state index < -0.39 is 0 Å². The molecule has 3 heteroatoms. The van der Waals surface area contributed by atoms with Crippen molar-refractivity contribution in [3.8, 4) is 0 Å². The van der Waals surface area contributed by atoms with Gasteiger partial charge >= 0.3 is 0 Å². The highest BCUT2D eigenvalue weighted by Crippen LogP contribution is 2.24. The van der Waals surface area contributed by atoms with Crippen molar-refractivity contribution in [2.45, 2.75) is 40.2 Å². The number of hydrogen-bond acceptors (Lipinski definition) is 3. The Labute approximate surface area is 111 Å². The van der Waals surface area contributed by atoms with Crippen LogP contribution in [0.15, 0.2) is 24.5 Å². The number of hydrogen-bond donors (Lipinski definition) is 2. The topological polar surface area (TPSA) is 45.1 Å². The van der Waals surface area contributed by atoms with Crippen molar-refractivity contribution in [1.29, 1.82) is 0 Å². The lowest BCUT2D eigenvalue weighted by Crippen LogP contribution is -2.35. The molecule has 0 aliphatic heterocycles. The second-order valence-electron chi connectivity index (χ2n) is 6.03. The number of pyridine rings is 1. The minimum Gasteiger partial charge on any atom is -0.396 e. The summed E-state index contributed by atoms with van der Waals surface area (Å²) in [7, 11) is 0. The molecule has 0 bridgehead atoms. The van der Waals surface area contributed by atoms with Gasteiger partial charge < -0.3 is 10.4 Å². The van der Waals surface area contributed by atoms with Crippen LogP contribution in [0.1, 0.15) is 45.7 Å². The van der Waals surface area contributed by atoms with Gasteiger partial charge in [-0.1, -0.05) is 33.8 Å². The highest BCUT2D eigenvalue weighted by Gasteiger charge is 2.21. The van der Waals surface area contributed by atoms with Crippen LogP contribution < -0.4 is 5.32 Å². The summed E-state index contributed by atoms with van der Waals surface area (Å²) in [6.07, 6.45) is 4.55. The van der Waals surface area contributed by atoms with Crippen LogP contribution >= 0.6 is 0 Å². The van der Waals surface area contributed by atoms with Gasteiger partial charge in [-0.15, -0.1) is 0 Å². The van der Waals surface area contributed by atoms with E-state index in [9.17, 15) is 0 Å². The summed E-state index contributed by atoms with van der Waals surface area (Å²) in [4.78, 5) is 4.19. The second kappa shape index (κ2) is 6.86. The second-order valence-corrected chi connectivity index (χ2v) is 6.03.